The van der Waals surface area contributed by atoms with Crippen molar-refractivity contribution >= 4 is 17.6 Å². The molecule has 0 amide bonds. The second-order valence-electron chi connectivity index (χ2n) is 7.05. The van der Waals surface area contributed by atoms with Crippen molar-refractivity contribution in [2.45, 2.75) is 18.9 Å². The zero-order valence-corrected chi connectivity index (χ0v) is 17.6. The Balaban J connectivity index is 2.11. The van der Waals surface area contributed by atoms with Gasteiger partial charge in [-0.1, -0.05) is 11.6 Å². The van der Waals surface area contributed by atoms with Crippen LogP contribution in [0.1, 0.15) is 30.0 Å². The number of carboxylic acids is 1. The molecule has 0 aromatic heterocycles. The average Bonchev–Trinajstić information content (AvgIpc) is 2.74. The van der Waals surface area contributed by atoms with Gasteiger partial charge in [0.2, 0.25) is 0 Å². The van der Waals surface area contributed by atoms with Gasteiger partial charge in [-0.05, 0) is 62.3 Å². The van der Waals surface area contributed by atoms with Crippen LogP contribution in [-0.2, 0) is 4.79 Å². The van der Waals surface area contributed by atoms with Crippen LogP contribution in [0.4, 0.5) is 0 Å². The molecule has 0 radical (unpaired) electrons. The van der Waals surface area contributed by atoms with Crippen molar-refractivity contribution < 1.29 is 24.1 Å². The Bertz CT molecular complexity index is 864. The number of halogens is 1. The van der Waals surface area contributed by atoms with E-state index in [1.54, 1.807) is 27.4 Å². The molecule has 0 saturated carbocycles. The molecule has 156 valence electrons. The van der Waals surface area contributed by atoms with Crippen molar-refractivity contribution in [1.29, 1.82) is 0 Å². The molecule has 1 aliphatic heterocycles. The standard InChI is InChI=1S/C22H26ClNO5/c1-27-16-5-7-20(29-3)18(13-16)21(17-12-15(23)4-6-19(17)28-2)24-10-8-14(9-11-24)22(25)26/h4-7,12-14,21H,8-11H2,1-3H3,(H,25,26). The van der Waals surface area contributed by atoms with E-state index in [0.29, 0.717) is 42.5 Å². The molecule has 0 aliphatic carbocycles. The number of ether oxygens (including phenoxy) is 3. The molecule has 1 aliphatic rings. The van der Waals surface area contributed by atoms with Crippen LogP contribution in [0.3, 0.4) is 0 Å². The molecule has 1 saturated heterocycles. The predicted molar refractivity (Wildman–Crippen MR) is 111 cm³/mol. The van der Waals surface area contributed by atoms with Crippen molar-refractivity contribution in [1.82, 2.24) is 4.90 Å². The SMILES string of the molecule is COc1ccc(OC)c(C(c2cc(Cl)ccc2OC)N2CCC(C(=O)O)CC2)c1. The molecule has 1 N–H and O–H groups in total. The highest BCUT2D eigenvalue weighted by molar-refractivity contribution is 6.30. The first-order chi connectivity index (χ1) is 14.0. The van der Waals surface area contributed by atoms with Crippen LogP contribution >= 0.6 is 11.6 Å². The van der Waals surface area contributed by atoms with E-state index in [4.69, 9.17) is 25.8 Å². The van der Waals surface area contributed by atoms with Crippen LogP contribution in [0.2, 0.25) is 5.02 Å². The fourth-order valence-corrected chi connectivity index (χ4v) is 4.12. The summed E-state index contributed by atoms with van der Waals surface area (Å²) in [6, 6.07) is 11.0. The number of benzene rings is 2. The van der Waals surface area contributed by atoms with Gasteiger partial charge in [-0.2, -0.15) is 0 Å². The Hall–Kier alpha value is -2.44. The molecule has 3 rings (SSSR count). The minimum Gasteiger partial charge on any atom is -0.497 e. The summed E-state index contributed by atoms with van der Waals surface area (Å²) in [5.74, 6) is 1.09. The summed E-state index contributed by atoms with van der Waals surface area (Å²) in [5, 5.41) is 9.98. The Morgan fingerprint density at radius 2 is 1.59 bits per heavy atom. The van der Waals surface area contributed by atoms with Crippen molar-refractivity contribution in [3.05, 3.63) is 52.5 Å². The van der Waals surface area contributed by atoms with Crippen molar-refractivity contribution in [3.8, 4) is 17.2 Å². The number of nitrogens with zero attached hydrogens (tertiary/aromatic N) is 1. The maximum atomic E-state index is 11.4. The van der Waals surface area contributed by atoms with E-state index in [9.17, 15) is 9.90 Å². The van der Waals surface area contributed by atoms with E-state index in [1.807, 2.05) is 30.3 Å². The summed E-state index contributed by atoms with van der Waals surface area (Å²) < 4.78 is 16.7. The largest absolute Gasteiger partial charge is 0.497 e. The van der Waals surface area contributed by atoms with Crippen LogP contribution < -0.4 is 14.2 Å². The predicted octanol–water partition coefficient (Wildman–Crippen LogP) is 4.25. The summed E-state index contributed by atoms with van der Waals surface area (Å²) >= 11 is 6.33. The molecule has 1 fully saturated rings. The molecular formula is C22H26ClNO5. The first-order valence-corrected chi connectivity index (χ1v) is 9.88. The summed E-state index contributed by atoms with van der Waals surface area (Å²) in [6.07, 6.45) is 1.17. The molecule has 1 atom stereocenters. The monoisotopic (exact) mass is 419 g/mol. The van der Waals surface area contributed by atoms with Gasteiger partial charge in [0.25, 0.3) is 0 Å². The van der Waals surface area contributed by atoms with Gasteiger partial charge in [0.15, 0.2) is 0 Å². The van der Waals surface area contributed by atoms with Gasteiger partial charge in [-0.3, -0.25) is 9.69 Å². The van der Waals surface area contributed by atoms with Crippen LogP contribution in [0.5, 0.6) is 17.2 Å². The maximum Gasteiger partial charge on any atom is 0.306 e. The quantitative estimate of drug-likeness (QED) is 0.723. The lowest BCUT2D eigenvalue weighted by molar-refractivity contribution is -0.143. The average molecular weight is 420 g/mol. The molecule has 1 unspecified atom stereocenters. The normalized spacial score (nSPS) is 16.3. The minimum atomic E-state index is -0.736. The molecule has 0 spiro atoms. The topological polar surface area (TPSA) is 68.2 Å². The summed E-state index contributed by atoms with van der Waals surface area (Å²) in [6.45, 7) is 1.27. The highest BCUT2D eigenvalue weighted by Gasteiger charge is 2.33. The molecular weight excluding hydrogens is 394 g/mol. The van der Waals surface area contributed by atoms with Gasteiger partial charge in [0, 0.05) is 16.1 Å². The Morgan fingerprint density at radius 1 is 1.00 bits per heavy atom. The van der Waals surface area contributed by atoms with Crippen molar-refractivity contribution in [3.63, 3.8) is 0 Å². The van der Waals surface area contributed by atoms with E-state index >= 15 is 0 Å². The fourth-order valence-electron chi connectivity index (χ4n) is 3.94. The smallest absolute Gasteiger partial charge is 0.306 e. The minimum absolute atomic E-state index is 0.219. The first-order valence-electron chi connectivity index (χ1n) is 9.50. The number of hydrogen-bond acceptors (Lipinski definition) is 5. The van der Waals surface area contributed by atoms with Crippen LogP contribution in [0.15, 0.2) is 36.4 Å². The lowest BCUT2D eigenvalue weighted by Crippen LogP contribution is -2.39. The van der Waals surface area contributed by atoms with Gasteiger partial charge >= 0.3 is 5.97 Å². The van der Waals surface area contributed by atoms with Gasteiger partial charge in [0.1, 0.15) is 17.2 Å². The summed E-state index contributed by atoms with van der Waals surface area (Å²) in [4.78, 5) is 13.7. The van der Waals surface area contributed by atoms with Crippen LogP contribution in [0.25, 0.3) is 0 Å². The zero-order valence-electron chi connectivity index (χ0n) is 16.9. The Morgan fingerprint density at radius 3 is 2.14 bits per heavy atom. The van der Waals surface area contributed by atoms with Crippen molar-refractivity contribution in [2.24, 2.45) is 5.92 Å². The Kier molecular flexibility index (Phi) is 6.87. The highest BCUT2D eigenvalue weighted by atomic mass is 35.5. The number of rotatable bonds is 7. The number of aliphatic carboxylic acids is 1. The second kappa shape index (κ2) is 9.37. The molecule has 0 bridgehead atoms. The number of piperidine rings is 1. The lowest BCUT2D eigenvalue weighted by Gasteiger charge is -2.38. The van der Waals surface area contributed by atoms with Gasteiger partial charge in [-0.25, -0.2) is 0 Å². The third kappa shape index (κ3) is 4.60. The molecule has 2 aromatic rings. The first kappa shape index (κ1) is 21.3. The highest BCUT2D eigenvalue weighted by Crippen LogP contribution is 2.42. The molecule has 1 heterocycles. The molecule has 6 nitrogen and oxygen atoms in total. The van der Waals surface area contributed by atoms with Crippen LogP contribution in [-0.4, -0.2) is 50.4 Å². The Labute approximate surface area is 175 Å². The van der Waals surface area contributed by atoms with E-state index in [1.165, 1.54) is 0 Å². The fraction of sp³-hybridized carbons (Fsp3) is 0.409. The van der Waals surface area contributed by atoms with Gasteiger partial charge in [-0.15, -0.1) is 0 Å². The van der Waals surface area contributed by atoms with Crippen LogP contribution in [0, 0.1) is 5.92 Å². The van der Waals surface area contributed by atoms with Gasteiger partial charge < -0.3 is 19.3 Å². The maximum absolute atomic E-state index is 11.4. The zero-order chi connectivity index (χ0) is 21.0. The van der Waals surface area contributed by atoms with Gasteiger partial charge in [0.05, 0.1) is 33.3 Å². The second-order valence-corrected chi connectivity index (χ2v) is 7.48. The third-order valence-corrected chi connectivity index (χ3v) is 5.70. The summed E-state index contributed by atoms with van der Waals surface area (Å²) in [5.41, 5.74) is 1.82. The number of methoxy groups -OCH3 is 3. The summed E-state index contributed by atoms with van der Waals surface area (Å²) in [7, 11) is 4.89. The van der Waals surface area contributed by atoms with Crippen molar-refractivity contribution in [2.75, 3.05) is 34.4 Å². The molecule has 7 heteroatoms. The molecule has 2 aromatic carbocycles. The van der Waals surface area contributed by atoms with E-state index in [2.05, 4.69) is 4.90 Å². The number of carboxylic acid groups (broad SMARTS) is 1. The number of likely N-dealkylation sites (tertiary alicyclic amines) is 1. The van der Waals surface area contributed by atoms with E-state index in [0.717, 1.165) is 16.9 Å². The van der Waals surface area contributed by atoms with E-state index in [-0.39, 0.29) is 12.0 Å². The molecule has 29 heavy (non-hydrogen) atoms. The number of carbonyl (C=O) groups is 1. The lowest BCUT2D eigenvalue weighted by atomic mass is 9.90. The third-order valence-electron chi connectivity index (χ3n) is 5.46. The van der Waals surface area contributed by atoms with E-state index < -0.39 is 5.97 Å². The number of hydrogen-bond donors (Lipinski definition) is 1.